The van der Waals surface area contributed by atoms with Gasteiger partial charge in [-0.05, 0) is 19.1 Å². The molecule has 5 heteroatoms. The van der Waals surface area contributed by atoms with Crippen LogP contribution in [0.2, 0.25) is 0 Å². The first-order valence-electron chi connectivity index (χ1n) is 5.18. The van der Waals surface area contributed by atoms with Crippen molar-refractivity contribution in [3.63, 3.8) is 0 Å². The quantitative estimate of drug-likeness (QED) is 0.823. The molecule has 0 spiro atoms. The molecule has 94 valence electrons. The SMILES string of the molecule is COc1cccc(OC)c1O[C@H](C)CC(=O)O. The minimum Gasteiger partial charge on any atom is -0.493 e. The summed E-state index contributed by atoms with van der Waals surface area (Å²) in [5.41, 5.74) is 0. The minimum absolute atomic E-state index is 0.0821. The van der Waals surface area contributed by atoms with E-state index in [1.54, 1.807) is 25.1 Å². The Labute approximate surface area is 99.9 Å². The molecule has 1 rings (SSSR count). The van der Waals surface area contributed by atoms with Gasteiger partial charge in [0.2, 0.25) is 5.75 Å². The second-order valence-electron chi connectivity index (χ2n) is 3.52. The summed E-state index contributed by atoms with van der Waals surface area (Å²) in [6.07, 6.45) is -0.543. The van der Waals surface area contributed by atoms with Crippen LogP contribution in [0.1, 0.15) is 13.3 Å². The van der Waals surface area contributed by atoms with Crippen LogP contribution in [-0.2, 0) is 4.79 Å². The monoisotopic (exact) mass is 240 g/mol. The summed E-state index contributed by atoms with van der Waals surface area (Å²) in [4.78, 5) is 10.6. The number of para-hydroxylation sites is 1. The molecular formula is C12H16O5. The van der Waals surface area contributed by atoms with E-state index in [-0.39, 0.29) is 6.42 Å². The molecule has 17 heavy (non-hydrogen) atoms. The van der Waals surface area contributed by atoms with Crippen LogP contribution in [0.4, 0.5) is 0 Å². The van der Waals surface area contributed by atoms with E-state index in [9.17, 15) is 4.79 Å². The first-order valence-corrected chi connectivity index (χ1v) is 5.18. The molecule has 1 aromatic rings. The Bertz CT molecular complexity index is 366. The van der Waals surface area contributed by atoms with E-state index < -0.39 is 12.1 Å². The molecule has 0 aliphatic carbocycles. The highest BCUT2D eigenvalue weighted by Crippen LogP contribution is 2.37. The summed E-state index contributed by atoms with van der Waals surface area (Å²) in [5, 5.41) is 8.67. The molecule has 0 aliphatic rings. The van der Waals surface area contributed by atoms with Crippen molar-refractivity contribution >= 4 is 5.97 Å². The fourth-order valence-corrected chi connectivity index (χ4v) is 1.42. The van der Waals surface area contributed by atoms with E-state index in [1.165, 1.54) is 14.2 Å². The lowest BCUT2D eigenvalue weighted by atomic mass is 10.2. The Morgan fingerprint density at radius 2 is 1.82 bits per heavy atom. The minimum atomic E-state index is -0.911. The van der Waals surface area contributed by atoms with Gasteiger partial charge >= 0.3 is 5.97 Å². The van der Waals surface area contributed by atoms with E-state index in [0.717, 1.165) is 0 Å². The topological polar surface area (TPSA) is 65.0 Å². The maximum atomic E-state index is 10.6. The fraction of sp³-hybridized carbons (Fsp3) is 0.417. The van der Waals surface area contributed by atoms with Gasteiger partial charge in [-0.25, -0.2) is 0 Å². The second kappa shape index (κ2) is 5.98. The molecular weight excluding hydrogens is 224 g/mol. The first-order chi connectivity index (χ1) is 8.08. The first kappa shape index (κ1) is 13.2. The summed E-state index contributed by atoms with van der Waals surface area (Å²) in [6, 6.07) is 5.23. The van der Waals surface area contributed by atoms with Gasteiger partial charge in [0, 0.05) is 0 Å². The highest BCUT2D eigenvalue weighted by molar-refractivity contribution is 5.67. The number of benzene rings is 1. The normalized spacial score (nSPS) is 11.7. The lowest BCUT2D eigenvalue weighted by Crippen LogP contribution is -2.17. The smallest absolute Gasteiger partial charge is 0.307 e. The maximum Gasteiger partial charge on any atom is 0.307 e. The van der Waals surface area contributed by atoms with Gasteiger partial charge in [-0.2, -0.15) is 0 Å². The maximum absolute atomic E-state index is 10.6. The predicted octanol–water partition coefficient (Wildman–Crippen LogP) is 1.95. The van der Waals surface area contributed by atoms with Gasteiger partial charge in [0.15, 0.2) is 11.5 Å². The Morgan fingerprint density at radius 3 is 2.24 bits per heavy atom. The van der Waals surface area contributed by atoms with Gasteiger partial charge < -0.3 is 19.3 Å². The Hall–Kier alpha value is -1.91. The molecule has 0 heterocycles. The van der Waals surface area contributed by atoms with Crippen LogP contribution in [0.15, 0.2) is 18.2 Å². The van der Waals surface area contributed by atoms with Crippen molar-refractivity contribution in [3.8, 4) is 17.2 Å². The number of carboxylic acids is 1. The Morgan fingerprint density at radius 1 is 1.29 bits per heavy atom. The molecule has 0 saturated heterocycles. The zero-order chi connectivity index (χ0) is 12.8. The number of carboxylic acid groups (broad SMARTS) is 1. The Balaban J connectivity index is 2.90. The largest absolute Gasteiger partial charge is 0.493 e. The fourth-order valence-electron chi connectivity index (χ4n) is 1.42. The van der Waals surface area contributed by atoms with E-state index in [4.69, 9.17) is 19.3 Å². The van der Waals surface area contributed by atoms with Crippen LogP contribution in [0.25, 0.3) is 0 Å². The lowest BCUT2D eigenvalue weighted by Gasteiger charge is -2.17. The highest BCUT2D eigenvalue weighted by Gasteiger charge is 2.16. The average molecular weight is 240 g/mol. The molecule has 1 N–H and O–H groups in total. The van der Waals surface area contributed by atoms with Crippen molar-refractivity contribution in [2.75, 3.05) is 14.2 Å². The van der Waals surface area contributed by atoms with Crippen molar-refractivity contribution in [2.45, 2.75) is 19.4 Å². The lowest BCUT2D eigenvalue weighted by molar-refractivity contribution is -0.138. The molecule has 5 nitrogen and oxygen atoms in total. The Kier molecular flexibility index (Phi) is 4.63. The molecule has 0 aromatic heterocycles. The van der Waals surface area contributed by atoms with Crippen LogP contribution in [-0.4, -0.2) is 31.4 Å². The third-order valence-corrected chi connectivity index (χ3v) is 2.16. The van der Waals surface area contributed by atoms with Gasteiger partial charge in [0.05, 0.1) is 20.6 Å². The molecule has 0 amide bonds. The second-order valence-corrected chi connectivity index (χ2v) is 3.52. The molecule has 0 saturated carbocycles. The number of rotatable bonds is 6. The summed E-state index contributed by atoms with van der Waals surface area (Å²) < 4.78 is 15.8. The standard InChI is InChI=1S/C12H16O5/c1-8(7-11(13)14)17-12-9(15-2)5-4-6-10(12)16-3/h4-6,8H,7H2,1-3H3,(H,13,14)/t8-/m1/s1. The highest BCUT2D eigenvalue weighted by atomic mass is 16.5. The molecule has 0 bridgehead atoms. The zero-order valence-electron chi connectivity index (χ0n) is 10.1. The number of hydrogen-bond donors (Lipinski definition) is 1. The van der Waals surface area contributed by atoms with Gasteiger partial charge in [-0.1, -0.05) is 6.07 Å². The number of methoxy groups -OCH3 is 2. The zero-order valence-corrected chi connectivity index (χ0v) is 10.1. The van der Waals surface area contributed by atoms with Gasteiger partial charge in [0.25, 0.3) is 0 Å². The van der Waals surface area contributed by atoms with Crippen molar-refractivity contribution in [3.05, 3.63) is 18.2 Å². The van der Waals surface area contributed by atoms with Crippen LogP contribution in [0.3, 0.4) is 0 Å². The summed E-state index contributed by atoms with van der Waals surface area (Å²) in [5.74, 6) is 0.542. The third-order valence-electron chi connectivity index (χ3n) is 2.16. The van der Waals surface area contributed by atoms with Crippen LogP contribution < -0.4 is 14.2 Å². The average Bonchev–Trinajstić information content (AvgIpc) is 2.28. The third kappa shape index (κ3) is 3.55. The number of aliphatic carboxylic acids is 1. The number of hydrogen-bond acceptors (Lipinski definition) is 4. The van der Waals surface area contributed by atoms with Crippen LogP contribution in [0, 0.1) is 0 Å². The van der Waals surface area contributed by atoms with Crippen molar-refractivity contribution in [2.24, 2.45) is 0 Å². The van der Waals surface area contributed by atoms with Gasteiger partial charge in [-0.3, -0.25) is 4.79 Å². The summed E-state index contributed by atoms with van der Waals surface area (Å²) >= 11 is 0. The summed E-state index contributed by atoms with van der Waals surface area (Å²) in [6.45, 7) is 1.68. The molecule has 0 fully saturated rings. The molecule has 1 atom stereocenters. The van der Waals surface area contributed by atoms with E-state index >= 15 is 0 Å². The summed E-state index contributed by atoms with van der Waals surface area (Å²) in [7, 11) is 3.03. The number of carbonyl (C=O) groups is 1. The van der Waals surface area contributed by atoms with E-state index in [1.807, 2.05) is 0 Å². The van der Waals surface area contributed by atoms with E-state index in [0.29, 0.717) is 17.2 Å². The van der Waals surface area contributed by atoms with Crippen molar-refractivity contribution in [1.82, 2.24) is 0 Å². The van der Waals surface area contributed by atoms with Gasteiger partial charge in [0.1, 0.15) is 6.10 Å². The van der Waals surface area contributed by atoms with Crippen LogP contribution >= 0.6 is 0 Å². The molecule has 0 radical (unpaired) electrons. The molecule has 0 aliphatic heterocycles. The number of ether oxygens (including phenoxy) is 3. The van der Waals surface area contributed by atoms with Crippen molar-refractivity contribution < 1.29 is 24.1 Å². The van der Waals surface area contributed by atoms with Crippen molar-refractivity contribution in [1.29, 1.82) is 0 Å². The van der Waals surface area contributed by atoms with Gasteiger partial charge in [-0.15, -0.1) is 0 Å². The predicted molar refractivity (Wildman–Crippen MR) is 61.9 cm³/mol. The molecule has 0 unspecified atom stereocenters. The van der Waals surface area contributed by atoms with E-state index in [2.05, 4.69) is 0 Å². The molecule has 1 aromatic carbocycles. The van der Waals surface area contributed by atoms with Crippen LogP contribution in [0.5, 0.6) is 17.2 Å².